The first-order chi connectivity index (χ1) is 4.68. The zero-order chi connectivity index (χ0) is 7.56. The summed E-state index contributed by atoms with van der Waals surface area (Å²) in [6, 6.07) is 0.116. The maximum Gasteiger partial charge on any atom is 0.220 e. The molecule has 0 saturated carbocycles. The smallest absolute Gasteiger partial charge is 0.220 e. The fraction of sp³-hybridized carbons (Fsp3) is 0.714. The Hall–Kier alpha value is -0.860. The van der Waals surface area contributed by atoms with E-state index in [0.29, 0.717) is 12.8 Å². The zero-order valence-electron chi connectivity index (χ0n) is 6.02. The van der Waals surface area contributed by atoms with Crippen molar-refractivity contribution in [1.82, 2.24) is 5.32 Å². The Bertz CT molecular complexity index is 165. The van der Waals surface area contributed by atoms with Gasteiger partial charge < -0.3 is 5.32 Å². The molecule has 1 unspecified atom stereocenters. The maximum atomic E-state index is 10.6. The summed E-state index contributed by atoms with van der Waals surface area (Å²) in [5.41, 5.74) is 0. The molecule has 3 heteroatoms. The third kappa shape index (κ3) is 1.83. The average Bonchev–Trinajstić information content (AvgIpc) is 2.13. The summed E-state index contributed by atoms with van der Waals surface area (Å²) in [4.78, 5) is 21.2. The molecule has 0 aromatic carbocycles. The number of amides is 1. The van der Waals surface area contributed by atoms with Gasteiger partial charge in [-0.2, -0.15) is 0 Å². The molecule has 1 rings (SSSR count). The summed E-state index contributed by atoms with van der Waals surface area (Å²) in [6.45, 7) is 1.55. The second kappa shape index (κ2) is 2.82. The molecule has 1 fully saturated rings. The van der Waals surface area contributed by atoms with Gasteiger partial charge in [-0.1, -0.05) is 0 Å². The molecule has 1 atom stereocenters. The minimum atomic E-state index is 0.0752. The first-order valence-corrected chi connectivity index (χ1v) is 3.47. The molecule has 0 aromatic heterocycles. The van der Waals surface area contributed by atoms with Gasteiger partial charge in [0.15, 0.2) is 0 Å². The summed E-state index contributed by atoms with van der Waals surface area (Å²) in [7, 11) is 0. The highest BCUT2D eigenvalue weighted by Crippen LogP contribution is 2.09. The summed E-state index contributed by atoms with van der Waals surface area (Å²) < 4.78 is 0. The molecule has 1 aliphatic heterocycles. The van der Waals surface area contributed by atoms with Crippen LogP contribution >= 0.6 is 0 Å². The number of hydrogen-bond acceptors (Lipinski definition) is 2. The fourth-order valence-corrected chi connectivity index (χ4v) is 1.18. The molecule has 1 N–H and O–H groups in total. The fourth-order valence-electron chi connectivity index (χ4n) is 1.18. The maximum absolute atomic E-state index is 10.6. The van der Waals surface area contributed by atoms with Gasteiger partial charge in [0.2, 0.25) is 5.91 Å². The van der Waals surface area contributed by atoms with Crippen LogP contribution in [0.4, 0.5) is 0 Å². The molecule has 0 aromatic rings. The number of Topliss-reactive ketones (excluding diaryl/α,β-unsaturated/α-hetero) is 1. The van der Waals surface area contributed by atoms with E-state index < -0.39 is 0 Å². The Kier molecular flexibility index (Phi) is 2.04. The Morgan fingerprint density at radius 2 is 2.50 bits per heavy atom. The van der Waals surface area contributed by atoms with Crippen molar-refractivity contribution in [2.45, 2.75) is 32.2 Å². The second-order valence-corrected chi connectivity index (χ2v) is 2.71. The van der Waals surface area contributed by atoms with E-state index in [1.807, 2.05) is 0 Å². The number of hydrogen-bond donors (Lipinski definition) is 1. The molecule has 0 bridgehead atoms. The predicted molar refractivity (Wildman–Crippen MR) is 36.5 cm³/mol. The molecule has 0 radical (unpaired) electrons. The third-order valence-electron chi connectivity index (χ3n) is 1.62. The van der Waals surface area contributed by atoms with E-state index >= 15 is 0 Å². The van der Waals surface area contributed by atoms with Crippen LogP contribution in [0.1, 0.15) is 26.2 Å². The first-order valence-electron chi connectivity index (χ1n) is 3.47. The van der Waals surface area contributed by atoms with Crippen molar-refractivity contribution in [2.75, 3.05) is 0 Å². The van der Waals surface area contributed by atoms with E-state index in [1.54, 1.807) is 6.92 Å². The highest BCUT2D eigenvalue weighted by Gasteiger charge is 2.21. The standard InChI is InChI=1S/C7H11NO2/c1-5(9)4-6-2-3-7(10)8-6/h6H,2-4H2,1H3,(H,8,10). The molecule has 1 heterocycles. The van der Waals surface area contributed by atoms with Gasteiger partial charge in [0.25, 0.3) is 0 Å². The minimum absolute atomic E-state index is 0.0752. The number of nitrogens with one attached hydrogen (secondary N) is 1. The van der Waals surface area contributed by atoms with Crippen molar-refractivity contribution >= 4 is 11.7 Å². The summed E-state index contributed by atoms with van der Waals surface area (Å²) in [5.74, 6) is 0.221. The van der Waals surface area contributed by atoms with Crippen molar-refractivity contribution in [3.63, 3.8) is 0 Å². The normalized spacial score (nSPS) is 24.5. The lowest BCUT2D eigenvalue weighted by Crippen LogP contribution is -2.26. The van der Waals surface area contributed by atoms with Gasteiger partial charge in [-0.25, -0.2) is 0 Å². The number of carbonyl (C=O) groups excluding carboxylic acids is 2. The molecular weight excluding hydrogens is 130 g/mol. The van der Waals surface area contributed by atoms with Crippen LogP contribution in [0.15, 0.2) is 0 Å². The predicted octanol–water partition coefficient (Wildman–Crippen LogP) is 0.244. The summed E-state index contributed by atoms with van der Waals surface area (Å²) in [5, 5.41) is 2.73. The quantitative estimate of drug-likeness (QED) is 0.599. The van der Waals surface area contributed by atoms with E-state index in [9.17, 15) is 9.59 Å². The van der Waals surface area contributed by atoms with Gasteiger partial charge in [0.1, 0.15) is 5.78 Å². The number of rotatable bonds is 2. The van der Waals surface area contributed by atoms with E-state index in [-0.39, 0.29) is 17.7 Å². The van der Waals surface area contributed by atoms with Crippen molar-refractivity contribution in [2.24, 2.45) is 0 Å². The van der Waals surface area contributed by atoms with Crippen LogP contribution in [0.25, 0.3) is 0 Å². The second-order valence-electron chi connectivity index (χ2n) is 2.71. The van der Waals surface area contributed by atoms with Crippen molar-refractivity contribution in [3.8, 4) is 0 Å². The van der Waals surface area contributed by atoms with Crippen LogP contribution in [-0.2, 0) is 9.59 Å². The van der Waals surface area contributed by atoms with E-state index in [1.165, 1.54) is 0 Å². The zero-order valence-corrected chi connectivity index (χ0v) is 6.02. The van der Waals surface area contributed by atoms with E-state index in [4.69, 9.17) is 0 Å². The Labute approximate surface area is 59.8 Å². The van der Waals surface area contributed by atoms with Gasteiger partial charge in [-0.05, 0) is 13.3 Å². The molecule has 1 amide bonds. The monoisotopic (exact) mass is 141 g/mol. The summed E-state index contributed by atoms with van der Waals surface area (Å²) >= 11 is 0. The van der Waals surface area contributed by atoms with Gasteiger partial charge in [0.05, 0.1) is 0 Å². The lowest BCUT2D eigenvalue weighted by molar-refractivity contribution is -0.119. The Morgan fingerprint density at radius 1 is 1.80 bits per heavy atom. The Balaban J connectivity index is 2.31. The molecule has 3 nitrogen and oxygen atoms in total. The minimum Gasteiger partial charge on any atom is -0.353 e. The highest BCUT2D eigenvalue weighted by molar-refractivity contribution is 5.81. The third-order valence-corrected chi connectivity index (χ3v) is 1.62. The highest BCUT2D eigenvalue weighted by atomic mass is 16.2. The van der Waals surface area contributed by atoms with Crippen molar-refractivity contribution < 1.29 is 9.59 Å². The molecule has 0 spiro atoms. The van der Waals surface area contributed by atoms with Crippen LogP contribution < -0.4 is 5.32 Å². The van der Waals surface area contributed by atoms with Crippen LogP contribution in [-0.4, -0.2) is 17.7 Å². The van der Waals surface area contributed by atoms with Gasteiger partial charge >= 0.3 is 0 Å². The molecule has 56 valence electrons. The van der Waals surface area contributed by atoms with Crippen LogP contribution in [0.5, 0.6) is 0 Å². The van der Waals surface area contributed by atoms with Crippen molar-refractivity contribution in [3.05, 3.63) is 0 Å². The summed E-state index contributed by atoms with van der Waals surface area (Å²) in [6.07, 6.45) is 1.89. The van der Waals surface area contributed by atoms with E-state index in [0.717, 1.165) is 6.42 Å². The molecule has 10 heavy (non-hydrogen) atoms. The molecule has 0 aliphatic carbocycles. The number of carbonyl (C=O) groups is 2. The average molecular weight is 141 g/mol. The van der Waals surface area contributed by atoms with Gasteiger partial charge in [-0.3, -0.25) is 9.59 Å². The van der Waals surface area contributed by atoms with Crippen LogP contribution in [0, 0.1) is 0 Å². The lowest BCUT2D eigenvalue weighted by atomic mass is 10.1. The SMILES string of the molecule is CC(=O)CC1CCC(=O)N1. The van der Waals surface area contributed by atoms with Crippen molar-refractivity contribution in [1.29, 1.82) is 0 Å². The topological polar surface area (TPSA) is 46.2 Å². The molecule has 1 saturated heterocycles. The molecule has 1 aliphatic rings. The van der Waals surface area contributed by atoms with Gasteiger partial charge in [0, 0.05) is 18.9 Å². The van der Waals surface area contributed by atoms with Crippen LogP contribution in [0.2, 0.25) is 0 Å². The van der Waals surface area contributed by atoms with Crippen LogP contribution in [0.3, 0.4) is 0 Å². The first kappa shape index (κ1) is 7.25. The largest absolute Gasteiger partial charge is 0.353 e. The Morgan fingerprint density at radius 3 is 2.90 bits per heavy atom. The molecular formula is C7H11NO2. The van der Waals surface area contributed by atoms with E-state index in [2.05, 4.69) is 5.32 Å². The van der Waals surface area contributed by atoms with Gasteiger partial charge in [-0.15, -0.1) is 0 Å². The number of ketones is 1. The lowest BCUT2D eigenvalue weighted by Gasteiger charge is -2.04.